The zero-order valence-electron chi connectivity index (χ0n) is 9.76. The van der Waals surface area contributed by atoms with E-state index < -0.39 is 18.0 Å². The quantitative estimate of drug-likeness (QED) is 0.464. The zero-order chi connectivity index (χ0) is 14.0. The maximum absolute atomic E-state index is 10.9. The number of thioether (sulfide) groups is 1. The Balaban J connectivity index is 1.93. The molecule has 1 aromatic rings. The third-order valence-corrected chi connectivity index (χ3v) is 4.22. The van der Waals surface area contributed by atoms with Crippen LogP contribution in [-0.4, -0.2) is 54.6 Å². The second-order valence-corrected chi connectivity index (χ2v) is 5.36. The minimum atomic E-state index is -1.10. The molecule has 1 aliphatic carbocycles. The molecule has 0 amide bonds. The van der Waals surface area contributed by atoms with E-state index in [1.54, 1.807) is 0 Å². The Hall–Kier alpha value is -1.68. The molecule has 19 heavy (non-hydrogen) atoms. The van der Waals surface area contributed by atoms with Gasteiger partial charge in [-0.25, -0.2) is 0 Å². The smallest absolute Gasteiger partial charge is 0.320 e. The van der Waals surface area contributed by atoms with E-state index in [2.05, 4.69) is 20.6 Å². The number of nitrogens with zero attached hydrogens (tertiary/aromatic N) is 3. The molecule has 1 heterocycles. The van der Waals surface area contributed by atoms with Gasteiger partial charge in [0.15, 0.2) is 0 Å². The molecular formula is C9H13N5O4S. The molecule has 1 fully saturated rings. The summed E-state index contributed by atoms with van der Waals surface area (Å²) in [5.41, 5.74) is 5.58. The number of H-pyrrole nitrogens is 1. The molecule has 4 atom stereocenters. The lowest BCUT2D eigenvalue weighted by atomic mass is 10.1. The van der Waals surface area contributed by atoms with E-state index in [-0.39, 0.29) is 24.2 Å². The largest absolute Gasteiger partial charge is 0.481 e. The number of carboxylic acids is 2. The predicted molar refractivity (Wildman–Crippen MR) is 63.2 cm³/mol. The SMILES string of the molecule is NC(C(=O)O)[C@H]1[C@@H](CSc2nn[nH]n2)[C@@H]1CC(=O)O. The average Bonchev–Trinajstić information content (AvgIpc) is 2.76. The van der Waals surface area contributed by atoms with Crippen LogP contribution < -0.4 is 5.73 Å². The van der Waals surface area contributed by atoms with Gasteiger partial charge in [0.2, 0.25) is 5.16 Å². The third kappa shape index (κ3) is 3.20. The highest BCUT2D eigenvalue weighted by atomic mass is 32.2. The van der Waals surface area contributed by atoms with Gasteiger partial charge in [-0.05, 0) is 23.0 Å². The van der Waals surface area contributed by atoms with Crippen molar-refractivity contribution in [1.29, 1.82) is 0 Å². The van der Waals surface area contributed by atoms with Crippen LogP contribution >= 0.6 is 11.8 Å². The van der Waals surface area contributed by atoms with Crippen molar-refractivity contribution in [2.45, 2.75) is 17.6 Å². The minimum Gasteiger partial charge on any atom is -0.481 e. The van der Waals surface area contributed by atoms with Crippen molar-refractivity contribution in [2.75, 3.05) is 5.75 Å². The summed E-state index contributed by atoms with van der Waals surface area (Å²) in [6.07, 6.45) is -0.0664. The van der Waals surface area contributed by atoms with Gasteiger partial charge in [0.05, 0.1) is 0 Å². The third-order valence-electron chi connectivity index (χ3n) is 3.24. The fourth-order valence-electron chi connectivity index (χ4n) is 2.28. The van der Waals surface area contributed by atoms with Crippen molar-refractivity contribution in [3.8, 4) is 0 Å². The summed E-state index contributed by atoms with van der Waals surface area (Å²) in [7, 11) is 0. The number of aromatic amines is 1. The van der Waals surface area contributed by atoms with Crippen molar-refractivity contribution >= 4 is 23.7 Å². The van der Waals surface area contributed by atoms with E-state index in [1.807, 2.05) is 0 Å². The van der Waals surface area contributed by atoms with Crippen LogP contribution in [-0.2, 0) is 9.59 Å². The van der Waals surface area contributed by atoms with Crippen molar-refractivity contribution in [2.24, 2.45) is 23.5 Å². The van der Waals surface area contributed by atoms with Crippen molar-refractivity contribution in [3.05, 3.63) is 0 Å². The van der Waals surface area contributed by atoms with Gasteiger partial charge in [-0.1, -0.05) is 11.8 Å². The highest BCUT2D eigenvalue weighted by Gasteiger charge is 2.55. The molecule has 0 saturated heterocycles. The first-order chi connectivity index (χ1) is 9.00. The molecule has 2 rings (SSSR count). The van der Waals surface area contributed by atoms with Crippen LogP contribution in [0.15, 0.2) is 5.16 Å². The fraction of sp³-hybridized carbons (Fsp3) is 0.667. The van der Waals surface area contributed by atoms with Gasteiger partial charge in [0.25, 0.3) is 0 Å². The normalized spacial score (nSPS) is 26.9. The number of aromatic nitrogens is 4. The van der Waals surface area contributed by atoms with Crippen LogP contribution in [0.5, 0.6) is 0 Å². The fourth-order valence-corrected chi connectivity index (χ4v) is 3.30. The van der Waals surface area contributed by atoms with Crippen LogP contribution in [0.25, 0.3) is 0 Å². The standard InChI is InChI=1S/C9H13N5O4S/c10-7(8(17)18)6-3(1-5(15)16)4(6)2-19-9-11-13-14-12-9/h3-4,6-7H,1-2,10H2,(H,15,16)(H,17,18)(H,11,12,13,14)/t3-,4-,6+,7?/m0/s1. The maximum atomic E-state index is 10.9. The first kappa shape index (κ1) is 13.7. The molecule has 1 aliphatic rings. The molecule has 0 spiro atoms. The lowest BCUT2D eigenvalue weighted by Gasteiger charge is -2.04. The minimum absolute atomic E-state index is 0.0503. The molecule has 0 aliphatic heterocycles. The Kier molecular flexibility index (Phi) is 4.00. The molecular weight excluding hydrogens is 274 g/mol. The van der Waals surface area contributed by atoms with Crippen LogP contribution in [0.1, 0.15) is 6.42 Å². The van der Waals surface area contributed by atoms with Crippen LogP contribution in [0.4, 0.5) is 0 Å². The zero-order valence-corrected chi connectivity index (χ0v) is 10.6. The highest BCUT2D eigenvalue weighted by Crippen LogP contribution is 2.52. The highest BCUT2D eigenvalue weighted by molar-refractivity contribution is 7.99. The van der Waals surface area contributed by atoms with Crippen LogP contribution in [0, 0.1) is 17.8 Å². The Morgan fingerprint density at radius 2 is 2.16 bits per heavy atom. The van der Waals surface area contributed by atoms with E-state index in [0.29, 0.717) is 10.9 Å². The number of aliphatic carboxylic acids is 2. The Morgan fingerprint density at radius 3 is 2.68 bits per heavy atom. The molecule has 10 heteroatoms. The van der Waals surface area contributed by atoms with Gasteiger partial charge in [0.1, 0.15) is 6.04 Å². The second-order valence-electron chi connectivity index (χ2n) is 4.37. The van der Waals surface area contributed by atoms with E-state index in [9.17, 15) is 9.59 Å². The topological polar surface area (TPSA) is 155 Å². The number of carbonyl (C=O) groups is 2. The average molecular weight is 287 g/mol. The van der Waals surface area contributed by atoms with Gasteiger partial charge >= 0.3 is 11.9 Å². The lowest BCUT2D eigenvalue weighted by molar-refractivity contribution is -0.140. The number of nitrogens with two attached hydrogens (primary N) is 1. The number of rotatable bonds is 7. The number of nitrogens with one attached hydrogen (secondary N) is 1. The summed E-state index contributed by atoms with van der Waals surface area (Å²) in [6, 6.07) is -1.03. The van der Waals surface area contributed by atoms with E-state index in [1.165, 1.54) is 11.8 Å². The summed E-state index contributed by atoms with van der Waals surface area (Å²) >= 11 is 1.30. The first-order valence-corrected chi connectivity index (χ1v) is 6.55. The second kappa shape index (κ2) is 5.53. The van der Waals surface area contributed by atoms with Gasteiger partial charge < -0.3 is 15.9 Å². The molecule has 104 valence electrons. The lowest BCUT2D eigenvalue weighted by Crippen LogP contribution is -2.33. The van der Waals surface area contributed by atoms with Gasteiger partial charge in [0, 0.05) is 12.2 Å². The van der Waals surface area contributed by atoms with Gasteiger partial charge in [-0.3, -0.25) is 9.59 Å². The molecule has 1 aromatic heterocycles. The molecule has 1 unspecified atom stereocenters. The monoisotopic (exact) mass is 287 g/mol. The Bertz CT molecular complexity index is 467. The van der Waals surface area contributed by atoms with Gasteiger partial charge in [-0.15, -0.1) is 10.2 Å². The number of tetrazole rings is 1. The molecule has 9 nitrogen and oxygen atoms in total. The predicted octanol–water partition coefficient (Wildman–Crippen LogP) is -0.959. The summed E-state index contributed by atoms with van der Waals surface area (Å²) in [4.78, 5) is 21.6. The summed E-state index contributed by atoms with van der Waals surface area (Å²) in [5, 5.41) is 31.4. The van der Waals surface area contributed by atoms with Crippen molar-refractivity contribution < 1.29 is 19.8 Å². The summed E-state index contributed by atoms with van der Waals surface area (Å²) < 4.78 is 0. The Morgan fingerprint density at radius 1 is 1.42 bits per heavy atom. The molecule has 0 bridgehead atoms. The van der Waals surface area contributed by atoms with E-state index in [0.717, 1.165) is 0 Å². The van der Waals surface area contributed by atoms with E-state index >= 15 is 0 Å². The summed E-state index contributed by atoms with van der Waals surface area (Å²) in [6.45, 7) is 0. The van der Waals surface area contributed by atoms with Crippen molar-refractivity contribution in [1.82, 2.24) is 20.6 Å². The van der Waals surface area contributed by atoms with Crippen molar-refractivity contribution in [3.63, 3.8) is 0 Å². The van der Waals surface area contributed by atoms with E-state index in [4.69, 9.17) is 15.9 Å². The number of carboxylic acid groups (broad SMARTS) is 2. The van der Waals surface area contributed by atoms with Gasteiger partial charge in [-0.2, -0.15) is 5.21 Å². The summed E-state index contributed by atoms with van der Waals surface area (Å²) in [5.74, 6) is -2.09. The van der Waals surface area contributed by atoms with Crippen LogP contribution in [0.2, 0.25) is 0 Å². The number of hydrogen-bond acceptors (Lipinski definition) is 7. The first-order valence-electron chi connectivity index (χ1n) is 5.57. The Labute approximate surface area is 111 Å². The number of hydrogen-bond donors (Lipinski definition) is 4. The molecule has 5 N–H and O–H groups in total. The molecule has 1 saturated carbocycles. The molecule has 0 aromatic carbocycles. The molecule has 0 radical (unpaired) electrons. The maximum Gasteiger partial charge on any atom is 0.320 e. The van der Waals surface area contributed by atoms with Crippen LogP contribution in [0.3, 0.4) is 0 Å².